The van der Waals surface area contributed by atoms with E-state index in [-0.39, 0.29) is 5.91 Å². The summed E-state index contributed by atoms with van der Waals surface area (Å²) in [6.45, 7) is 5.83. The first-order chi connectivity index (χ1) is 16.7. The molecule has 2 saturated heterocycles. The SMILES string of the molecule is O=C(c1cc2ccc(Cl)cc2[nH]1)N1CCC[C@@H]1CCN1CCN(c2n[nH]c3ccccc23)CC1. The Kier molecular flexibility index (Phi) is 5.67. The van der Waals surface area contributed by atoms with Crippen molar-refractivity contribution in [2.75, 3.05) is 44.2 Å². The maximum absolute atomic E-state index is 13.3. The zero-order valence-corrected chi connectivity index (χ0v) is 19.9. The lowest BCUT2D eigenvalue weighted by Gasteiger charge is -2.36. The number of carbonyl (C=O) groups is 1. The number of nitrogens with zero attached hydrogens (tertiary/aromatic N) is 4. The van der Waals surface area contributed by atoms with E-state index in [0.717, 1.165) is 80.8 Å². The molecule has 2 N–H and O–H groups in total. The van der Waals surface area contributed by atoms with E-state index in [9.17, 15) is 4.79 Å². The van der Waals surface area contributed by atoms with Crippen molar-refractivity contribution in [3.05, 3.63) is 59.2 Å². The van der Waals surface area contributed by atoms with E-state index in [0.29, 0.717) is 16.8 Å². The van der Waals surface area contributed by atoms with E-state index in [1.165, 1.54) is 5.39 Å². The third kappa shape index (κ3) is 4.03. The highest BCUT2D eigenvalue weighted by atomic mass is 35.5. The maximum Gasteiger partial charge on any atom is 0.270 e. The summed E-state index contributed by atoms with van der Waals surface area (Å²) in [7, 11) is 0. The van der Waals surface area contributed by atoms with Gasteiger partial charge in [0.25, 0.3) is 5.91 Å². The summed E-state index contributed by atoms with van der Waals surface area (Å²) in [6, 6.07) is 16.2. The maximum atomic E-state index is 13.3. The van der Waals surface area contributed by atoms with E-state index in [4.69, 9.17) is 11.6 Å². The predicted molar refractivity (Wildman–Crippen MR) is 137 cm³/mol. The van der Waals surface area contributed by atoms with Gasteiger partial charge in [-0.2, -0.15) is 5.10 Å². The Bertz CT molecular complexity index is 1320. The minimum Gasteiger partial charge on any atom is -0.352 e. The van der Waals surface area contributed by atoms with Crippen molar-refractivity contribution in [2.24, 2.45) is 0 Å². The van der Waals surface area contributed by atoms with Crippen LogP contribution in [0, 0.1) is 0 Å². The number of halogens is 1. The molecular formula is C26H29ClN6O. The summed E-state index contributed by atoms with van der Waals surface area (Å²) in [5.74, 6) is 1.16. The van der Waals surface area contributed by atoms with Gasteiger partial charge in [-0.25, -0.2) is 0 Å². The van der Waals surface area contributed by atoms with E-state index in [1.807, 2.05) is 30.3 Å². The molecule has 2 aliphatic rings. The molecule has 0 saturated carbocycles. The number of hydrogen-bond acceptors (Lipinski definition) is 4. The number of likely N-dealkylation sites (tertiary alicyclic amines) is 1. The molecule has 4 aromatic rings. The number of fused-ring (bicyclic) bond motifs is 2. The summed E-state index contributed by atoms with van der Waals surface area (Å²) in [5, 5.41) is 10.6. The summed E-state index contributed by atoms with van der Waals surface area (Å²) in [5.41, 5.74) is 2.65. The zero-order valence-electron chi connectivity index (χ0n) is 19.1. The van der Waals surface area contributed by atoms with Gasteiger partial charge in [0.2, 0.25) is 0 Å². The number of H-pyrrole nitrogens is 2. The van der Waals surface area contributed by atoms with Crippen molar-refractivity contribution in [3.8, 4) is 0 Å². The molecule has 0 spiro atoms. The zero-order chi connectivity index (χ0) is 23.1. The Morgan fingerprint density at radius 3 is 2.76 bits per heavy atom. The fraction of sp³-hybridized carbons (Fsp3) is 0.385. The van der Waals surface area contributed by atoms with Crippen LogP contribution in [0.3, 0.4) is 0 Å². The van der Waals surface area contributed by atoms with E-state index >= 15 is 0 Å². The van der Waals surface area contributed by atoms with Gasteiger partial charge in [0.15, 0.2) is 5.82 Å². The van der Waals surface area contributed by atoms with Crippen LogP contribution in [0.15, 0.2) is 48.5 Å². The van der Waals surface area contributed by atoms with Gasteiger partial charge in [-0.3, -0.25) is 14.8 Å². The number of piperazine rings is 1. The number of anilines is 1. The Morgan fingerprint density at radius 2 is 1.88 bits per heavy atom. The van der Waals surface area contributed by atoms with Crippen molar-refractivity contribution < 1.29 is 4.79 Å². The van der Waals surface area contributed by atoms with E-state index < -0.39 is 0 Å². The molecule has 34 heavy (non-hydrogen) atoms. The smallest absolute Gasteiger partial charge is 0.270 e. The number of amides is 1. The highest BCUT2D eigenvalue weighted by Gasteiger charge is 2.31. The summed E-state index contributed by atoms with van der Waals surface area (Å²) in [6.07, 6.45) is 3.17. The fourth-order valence-corrected chi connectivity index (χ4v) is 5.65. The number of hydrogen-bond donors (Lipinski definition) is 2. The lowest BCUT2D eigenvalue weighted by Crippen LogP contribution is -2.48. The van der Waals surface area contributed by atoms with Crippen molar-refractivity contribution in [3.63, 3.8) is 0 Å². The number of para-hydroxylation sites is 1. The van der Waals surface area contributed by atoms with Gasteiger partial charge in [0.1, 0.15) is 5.69 Å². The largest absolute Gasteiger partial charge is 0.352 e. The molecule has 176 valence electrons. The normalized spacial score (nSPS) is 19.5. The number of nitrogens with one attached hydrogen (secondary N) is 2. The van der Waals surface area contributed by atoms with Gasteiger partial charge in [0, 0.05) is 66.6 Å². The van der Waals surface area contributed by atoms with Gasteiger partial charge in [0.05, 0.1) is 5.52 Å². The molecule has 2 aromatic heterocycles. The molecular weight excluding hydrogens is 448 g/mol. The third-order valence-corrected chi connectivity index (χ3v) is 7.59. The Balaban J connectivity index is 1.05. The van der Waals surface area contributed by atoms with Crippen molar-refractivity contribution in [2.45, 2.75) is 25.3 Å². The van der Waals surface area contributed by atoms with Crippen molar-refractivity contribution >= 4 is 45.1 Å². The summed E-state index contributed by atoms with van der Waals surface area (Å²) >= 11 is 6.11. The third-order valence-electron chi connectivity index (χ3n) is 7.35. The second-order valence-electron chi connectivity index (χ2n) is 9.42. The van der Waals surface area contributed by atoms with Gasteiger partial charge >= 0.3 is 0 Å². The molecule has 2 aromatic carbocycles. The monoisotopic (exact) mass is 476 g/mol. The number of aromatic amines is 2. The standard InChI is InChI=1S/C26H29ClN6O/c27-19-8-7-18-16-24(28-23(18)17-19)26(34)33-10-3-4-20(33)9-11-31-12-14-32(15-13-31)25-21-5-1-2-6-22(21)29-30-25/h1-2,5-8,16-17,20,28H,3-4,9-15H2,(H,29,30)/t20-/m1/s1. The average Bonchev–Trinajstić information content (AvgIpc) is 3.60. The van der Waals surface area contributed by atoms with Crippen molar-refractivity contribution in [1.29, 1.82) is 0 Å². The van der Waals surface area contributed by atoms with Gasteiger partial charge in [-0.05, 0) is 49.6 Å². The summed E-state index contributed by atoms with van der Waals surface area (Å²) in [4.78, 5) is 23.5. The number of rotatable bonds is 5. The van der Waals surface area contributed by atoms with Crippen LogP contribution >= 0.6 is 11.6 Å². The minimum atomic E-state index is 0.102. The molecule has 0 radical (unpaired) electrons. The highest BCUT2D eigenvalue weighted by molar-refractivity contribution is 6.31. The van der Waals surface area contributed by atoms with Crippen LogP contribution in [0.4, 0.5) is 5.82 Å². The first-order valence-corrected chi connectivity index (χ1v) is 12.5. The van der Waals surface area contributed by atoms with Crippen LogP contribution < -0.4 is 4.90 Å². The number of benzene rings is 2. The highest BCUT2D eigenvalue weighted by Crippen LogP contribution is 2.27. The van der Waals surface area contributed by atoms with Crippen LogP contribution in [0.1, 0.15) is 29.8 Å². The van der Waals surface area contributed by atoms with Crippen LogP contribution in [-0.2, 0) is 0 Å². The van der Waals surface area contributed by atoms with Crippen LogP contribution in [0.5, 0.6) is 0 Å². The quantitative estimate of drug-likeness (QED) is 0.444. The number of carbonyl (C=O) groups excluding carboxylic acids is 1. The van der Waals surface area contributed by atoms with Gasteiger partial charge in [-0.15, -0.1) is 0 Å². The molecule has 1 atom stereocenters. The molecule has 2 aliphatic heterocycles. The average molecular weight is 477 g/mol. The Labute approximate surface area is 203 Å². The number of aromatic nitrogens is 3. The lowest BCUT2D eigenvalue weighted by molar-refractivity contribution is 0.0715. The van der Waals surface area contributed by atoms with E-state index in [2.05, 4.69) is 48.1 Å². The Morgan fingerprint density at radius 1 is 1.03 bits per heavy atom. The van der Waals surface area contributed by atoms with Crippen molar-refractivity contribution in [1.82, 2.24) is 25.0 Å². The Hall–Kier alpha value is -3.03. The lowest BCUT2D eigenvalue weighted by atomic mass is 10.1. The molecule has 7 nitrogen and oxygen atoms in total. The first-order valence-electron chi connectivity index (χ1n) is 12.2. The second kappa shape index (κ2) is 8.96. The molecule has 8 heteroatoms. The molecule has 0 bridgehead atoms. The van der Waals surface area contributed by atoms with Gasteiger partial charge in [-0.1, -0.05) is 29.8 Å². The van der Waals surface area contributed by atoms with E-state index in [1.54, 1.807) is 0 Å². The topological polar surface area (TPSA) is 71.3 Å². The molecule has 6 rings (SSSR count). The second-order valence-corrected chi connectivity index (χ2v) is 9.86. The molecule has 2 fully saturated rings. The fourth-order valence-electron chi connectivity index (χ4n) is 5.48. The molecule has 4 heterocycles. The van der Waals surface area contributed by atoms with Crippen LogP contribution in [-0.4, -0.2) is 76.2 Å². The first kappa shape index (κ1) is 21.5. The predicted octanol–water partition coefficient (Wildman–Crippen LogP) is 4.51. The van der Waals surface area contributed by atoms with Crippen LogP contribution in [0.25, 0.3) is 21.8 Å². The molecule has 0 unspecified atom stereocenters. The minimum absolute atomic E-state index is 0.102. The van der Waals surface area contributed by atoms with Crippen LogP contribution in [0.2, 0.25) is 5.02 Å². The van der Waals surface area contributed by atoms with Gasteiger partial charge < -0.3 is 14.8 Å². The molecule has 0 aliphatic carbocycles. The summed E-state index contributed by atoms with van der Waals surface area (Å²) < 4.78 is 0. The molecule has 1 amide bonds.